The van der Waals surface area contributed by atoms with Crippen LogP contribution in [-0.2, 0) is 0 Å². The van der Waals surface area contributed by atoms with Crippen molar-refractivity contribution < 1.29 is 8.81 Å². The summed E-state index contributed by atoms with van der Waals surface area (Å²) < 4.78 is 18.7. The number of nitrogens with one attached hydrogen (secondary N) is 1. The van der Waals surface area contributed by atoms with Gasteiger partial charge >= 0.3 is 0 Å². The molecule has 90 valence electrons. The summed E-state index contributed by atoms with van der Waals surface area (Å²) in [6.45, 7) is 3.06. The third-order valence-corrected chi connectivity index (χ3v) is 3.38. The van der Waals surface area contributed by atoms with Gasteiger partial charge in [0.1, 0.15) is 11.3 Å². The fourth-order valence-corrected chi connectivity index (χ4v) is 2.30. The zero-order valence-electron chi connectivity index (χ0n) is 9.74. The van der Waals surface area contributed by atoms with Gasteiger partial charge in [-0.15, -0.1) is 0 Å². The molecule has 0 spiro atoms. The molecule has 3 nitrogen and oxygen atoms in total. The lowest BCUT2D eigenvalue weighted by molar-refractivity contribution is 0.342. The van der Waals surface area contributed by atoms with Gasteiger partial charge in [-0.05, 0) is 31.9 Å². The topological polar surface area (TPSA) is 38.1 Å². The predicted molar refractivity (Wildman–Crippen MR) is 63.4 cm³/mol. The Kier molecular flexibility index (Phi) is 2.59. The molecule has 2 atom stereocenters. The fraction of sp³-hybridized carbons (Fsp3) is 0.462. The van der Waals surface area contributed by atoms with E-state index in [1.54, 1.807) is 6.07 Å². The number of hydrogen-bond donors (Lipinski definition) is 1. The quantitative estimate of drug-likeness (QED) is 0.824. The molecule has 0 bridgehead atoms. The van der Waals surface area contributed by atoms with Crippen molar-refractivity contribution in [1.29, 1.82) is 0 Å². The number of halogens is 1. The third-order valence-electron chi connectivity index (χ3n) is 3.38. The minimum atomic E-state index is -0.271. The highest BCUT2D eigenvalue weighted by Gasteiger charge is 2.23. The van der Waals surface area contributed by atoms with Crippen LogP contribution in [-0.4, -0.2) is 17.6 Å². The van der Waals surface area contributed by atoms with Crippen LogP contribution in [0.2, 0.25) is 0 Å². The average Bonchev–Trinajstić information content (AvgIpc) is 2.72. The molecule has 0 radical (unpaired) electrons. The summed E-state index contributed by atoms with van der Waals surface area (Å²) in [5, 5.41) is 3.41. The van der Waals surface area contributed by atoms with Crippen molar-refractivity contribution in [3.05, 3.63) is 29.9 Å². The Hall–Kier alpha value is -1.42. The number of hydrogen-bond acceptors (Lipinski definition) is 3. The number of piperidine rings is 1. The molecule has 3 rings (SSSR count). The van der Waals surface area contributed by atoms with Crippen molar-refractivity contribution >= 4 is 11.1 Å². The zero-order chi connectivity index (χ0) is 11.8. The van der Waals surface area contributed by atoms with Gasteiger partial charge in [0.05, 0.1) is 0 Å². The maximum atomic E-state index is 13.0. The van der Waals surface area contributed by atoms with E-state index >= 15 is 0 Å². The second-order valence-corrected chi connectivity index (χ2v) is 4.75. The van der Waals surface area contributed by atoms with Crippen LogP contribution in [0.25, 0.3) is 11.1 Å². The Morgan fingerprint density at radius 2 is 2.29 bits per heavy atom. The van der Waals surface area contributed by atoms with Crippen molar-refractivity contribution in [3.8, 4) is 0 Å². The lowest BCUT2D eigenvalue weighted by Gasteiger charge is -2.25. The molecule has 1 fully saturated rings. The number of benzene rings is 1. The first kappa shape index (κ1) is 10.7. The highest BCUT2D eigenvalue weighted by molar-refractivity contribution is 5.72. The third kappa shape index (κ3) is 2.05. The molecule has 1 saturated heterocycles. The van der Waals surface area contributed by atoms with Gasteiger partial charge in [-0.2, -0.15) is 0 Å². The summed E-state index contributed by atoms with van der Waals surface area (Å²) in [5.41, 5.74) is 1.28. The Bertz CT molecular complexity index is 529. The smallest absolute Gasteiger partial charge is 0.199 e. The van der Waals surface area contributed by atoms with E-state index in [1.165, 1.54) is 12.1 Å². The minimum Gasteiger partial charge on any atom is -0.440 e. The molecule has 0 saturated carbocycles. The van der Waals surface area contributed by atoms with Crippen LogP contribution in [0.15, 0.2) is 22.6 Å². The molecule has 0 aliphatic carbocycles. The van der Waals surface area contributed by atoms with E-state index in [0.29, 0.717) is 23.1 Å². The van der Waals surface area contributed by atoms with E-state index in [0.717, 1.165) is 25.3 Å². The van der Waals surface area contributed by atoms with Crippen molar-refractivity contribution in [2.24, 2.45) is 0 Å². The second kappa shape index (κ2) is 4.11. The van der Waals surface area contributed by atoms with Crippen LogP contribution >= 0.6 is 0 Å². The normalized spacial score (nSPS) is 25.3. The summed E-state index contributed by atoms with van der Waals surface area (Å²) in [7, 11) is 0. The van der Waals surface area contributed by atoms with Crippen LogP contribution in [0.5, 0.6) is 0 Å². The maximum Gasteiger partial charge on any atom is 0.199 e. The molecule has 0 unspecified atom stereocenters. The van der Waals surface area contributed by atoms with Crippen molar-refractivity contribution in [1.82, 2.24) is 10.3 Å². The number of nitrogens with zero attached hydrogens (tertiary/aromatic N) is 1. The van der Waals surface area contributed by atoms with Gasteiger partial charge < -0.3 is 9.73 Å². The van der Waals surface area contributed by atoms with Crippen LogP contribution in [0.4, 0.5) is 4.39 Å². The lowest BCUT2D eigenvalue weighted by Crippen LogP contribution is -2.35. The molecule has 1 aliphatic heterocycles. The molecule has 1 N–H and O–H groups in total. The zero-order valence-corrected chi connectivity index (χ0v) is 9.74. The van der Waals surface area contributed by atoms with Gasteiger partial charge in [0.15, 0.2) is 11.5 Å². The SMILES string of the molecule is C[C@@H]1CC[C@@H](c2nc3cc(F)ccc3o2)CN1. The number of fused-ring (bicyclic) bond motifs is 1. The average molecular weight is 234 g/mol. The van der Waals surface area contributed by atoms with Gasteiger partial charge in [0.25, 0.3) is 0 Å². The van der Waals surface area contributed by atoms with E-state index in [4.69, 9.17) is 4.42 Å². The van der Waals surface area contributed by atoms with Gasteiger partial charge in [0, 0.05) is 24.6 Å². The molecule has 2 aromatic rings. The van der Waals surface area contributed by atoms with Crippen molar-refractivity contribution in [2.45, 2.75) is 31.7 Å². The number of rotatable bonds is 1. The highest BCUT2D eigenvalue weighted by Crippen LogP contribution is 2.27. The predicted octanol–water partition coefficient (Wildman–Crippen LogP) is 2.82. The molecule has 0 amide bonds. The molecule has 4 heteroatoms. The number of aromatic nitrogens is 1. The largest absolute Gasteiger partial charge is 0.440 e. The van der Waals surface area contributed by atoms with E-state index < -0.39 is 0 Å². The Balaban J connectivity index is 1.90. The summed E-state index contributed by atoms with van der Waals surface area (Å²) in [6.07, 6.45) is 2.20. The van der Waals surface area contributed by atoms with Crippen molar-refractivity contribution in [2.75, 3.05) is 6.54 Å². The summed E-state index contributed by atoms with van der Waals surface area (Å²) in [4.78, 5) is 4.38. The number of oxazole rings is 1. The van der Waals surface area contributed by atoms with Gasteiger partial charge in [0.2, 0.25) is 0 Å². The molecule has 1 aromatic carbocycles. The Morgan fingerprint density at radius 1 is 1.41 bits per heavy atom. The fourth-order valence-electron chi connectivity index (χ4n) is 2.30. The maximum absolute atomic E-state index is 13.0. The van der Waals surface area contributed by atoms with E-state index in [2.05, 4.69) is 17.2 Å². The summed E-state index contributed by atoms with van der Waals surface area (Å²) in [6, 6.07) is 5.02. The van der Waals surface area contributed by atoms with Gasteiger partial charge in [-0.1, -0.05) is 0 Å². The molecule has 17 heavy (non-hydrogen) atoms. The Morgan fingerprint density at radius 3 is 3.06 bits per heavy atom. The van der Waals surface area contributed by atoms with E-state index in [-0.39, 0.29) is 5.82 Å². The molecule has 2 heterocycles. The van der Waals surface area contributed by atoms with Crippen molar-refractivity contribution in [3.63, 3.8) is 0 Å². The van der Waals surface area contributed by atoms with Gasteiger partial charge in [-0.25, -0.2) is 9.37 Å². The van der Waals surface area contributed by atoms with E-state index in [1.807, 2.05) is 0 Å². The van der Waals surface area contributed by atoms with Crippen LogP contribution < -0.4 is 5.32 Å². The standard InChI is InChI=1S/C13H15FN2O/c1-8-2-3-9(7-15-8)13-16-11-6-10(14)4-5-12(11)17-13/h4-6,8-9,15H,2-3,7H2,1H3/t8-,9-/m1/s1. The first-order chi connectivity index (χ1) is 8.22. The summed E-state index contributed by atoms with van der Waals surface area (Å²) in [5.74, 6) is 0.763. The molecular weight excluding hydrogens is 219 g/mol. The Labute approximate surface area is 99.0 Å². The lowest BCUT2D eigenvalue weighted by atomic mass is 9.95. The van der Waals surface area contributed by atoms with Crippen LogP contribution in [0.1, 0.15) is 31.6 Å². The first-order valence-corrected chi connectivity index (χ1v) is 6.02. The molecule has 1 aliphatic rings. The summed E-state index contributed by atoms with van der Waals surface area (Å²) >= 11 is 0. The second-order valence-electron chi connectivity index (χ2n) is 4.75. The van der Waals surface area contributed by atoms with Crippen LogP contribution in [0.3, 0.4) is 0 Å². The van der Waals surface area contributed by atoms with Gasteiger partial charge in [-0.3, -0.25) is 0 Å². The molecule has 1 aromatic heterocycles. The molecular formula is C13H15FN2O. The van der Waals surface area contributed by atoms with Crippen LogP contribution in [0, 0.1) is 5.82 Å². The van der Waals surface area contributed by atoms with E-state index in [9.17, 15) is 4.39 Å². The monoisotopic (exact) mass is 234 g/mol. The first-order valence-electron chi connectivity index (χ1n) is 6.02. The minimum absolute atomic E-state index is 0.271. The highest BCUT2D eigenvalue weighted by atomic mass is 19.1.